The average molecular weight is 384 g/mol. The molecule has 8 nitrogen and oxygen atoms in total. The molecule has 10 heteroatoms. The van der Waals surface area contributed by atoms with Crippen molar-refractivity contribution in [3.63, 3.8) is 0 Å². The highest BCUT2D eigenvalue weighted by atomic mass is 35.5. The summed E-state index contributed by atoms with van der Waals surface area (Å²) in [5.74, 6) is -0.536. The Kier molecular flexibility index (Phi) is 6.07. The van der Waals surface area contributed by atoms with Crippen LogP contribution in [0.15, 0.2) is 53.4 Å². The topological polar surface area (TPSA) is 118 Å². The fraction of sp³-hybridized carbons (Fsp3) is 0.133. The molecule has 25 heavy (non-hydrogen) atoms. The van der Waals surface area contributed by atoms with E-state index in [4.69, 9.17) is 11.6 Å². The van der Waals surface area contributed by atoms with Gasteiger partial charge in [0.1, 0.15) is 0 Å². The van der Waals surface area contributed by atoms with Gasteiger partial charge in [-0.15, -0.1) is 0 Å². The predicted molar refractivity (Wildman–Crippen MR) is 92.1 cm³/mol. The smallest absolute Gasteiger partial charge is 0.270 e. The Labute approximate surface area is 149 Å². The number of nitrogens with one attached hydrogen (secondary N) is 2. The number of nitro benzene ring substituents is 1. The SMILES string of the molecule is O=C(NCCNS(=O)(=O)c1cccc(Cl)c1)c1cccc([N+](=O)[O-])c1. The van der Waals surface area contributed by atoms with Gasteiger partial charge in [-0.2, -0.15) is 0 Å². The molecule has 0 atom stereocenters. The molecule has 0 saturated heterocycles. The van der Waals surface area contributed by atoms with Gasteiger partial charge < -0.3 is 5.32 Å². The first-order chi connectivity index (χ1) is 11.8. The first-order valence-electron chi connectivity index (χ1n) is 7.07. The maximum atomic E-state index is 12.1. The van der Waals surface area contributed by atoms with Crippen LogP contribution in [0.3, 0.4) is 0 Å². The van der Waals surface area contributed by atoms with E-state index in [1.807, 2.05) is 0 Å². The normalized spacial score (nSPS) is 11.1. The van der Waals surface area contributed by atoms with Gasteiger partial charge >= 0.3 is 0 Å². The maximum absolute atomic E-state index is 12.1. The molecule has 1 amide bonds. The van der Waals surface area contributed by atoms with Crippen molar-refractivity contribution in [1.82, 2.24) is 10.0 Å². The van der Waals surface area contributed by atoms with E-state index in [0.29, 0.717) is 5.02 Å². The third-order valence-electron chi connectivity index (χ3n) is 3.13. The highest BCUT2D eigenvalue weighted by Gasteiger charge is 2.14. The summed E-state index contributed by atoms with van der Waals surface area (Å²) in [6.45, 7) is -0.0309. The van der Waals surface area contributed by atoms with Gasteiger partial charge in [-0.25, -0.2) is 13.1 Å². The molecule has 2 rings (SSSR count). The van der Waals surface area contributed by atoms with Gasteiger partial charge in [-0.3, -0.25) is 14.9 Å². The van der Waals surface area contributed by atoms with E-state index >= 15 is 0 Å². The standard InChI is InChI=1S/C15H14ClN3O5S/c16-12-4-2-6-14(10-12)25(23,24)18-8-7-17-15(20)11-3-1-5-13(9-11)19(21)22/h1-6,9-10,18H,7-8H2,(H,17,20). The second-order valence-electron chi connectivity index (χ2n) is 4.92. The fourth-order valence-electron chi connectivity index (χ4n) is 1.94. The number of rotatable bonds is 7. The van der Waals surface area contributed by atoms with Crippen molar-refractivity contribution < 1.29 is 18.1 Å². The Balaban J connectivity index is 1.89. The molecule has 0 aliphatic carbocycles. The summed E-state index contributed by atoms with van der Waals surface area (Å²) in [5.41, 5.74) is -0.0822. The number of sulfonamides is 1. The van der Waals surface area contributed by atoms with Gasteiger partial charge in [0.15, 0.2) is 0 Å². The number of hydrogen-bond acceptors (Lipinski definition) is 5. The van der Waals surface area contributed by atoms with E-state index in [9.17, 15) is 23.3 Å². The van der Waals surface area contributed by atoms with Crippen LogP contribution >= 0.6 is 11.6 Å². The summed E-state index contributed by atoms with van der Waals surface area (Å²) in [7, 11) is -3.74. The third kappa shape index (κ3) is 5.24. The Morgan fingerprint density at radius 1 is 1.12 bits per heavy atom. The number of non-ortho nitro benzene ring substituents is 1. The van der Waals surface area contributed by atoms with Crippen LogP contribution in [-0.2, 0) is 10.0 Å². The number of nitro groups is 1. The van der Waals surface area contributed by atoms with Gasteiger partial charge in [-0.05, 0) is 24.3 Å². The number of carbonyl (C=O) groups excluding carboxylic acids is 1. The highest BCUT2D eigenvalue weighted by molar-refractivity contribution is 7.89. The lowest BCUT2D eigenvalue weighted by molar-refractivity contribution is -0.384. The van der Waals surface area contributed by atoms with Crippen LogP contribution in [0.25, 0.3) is 0 Å². The second-order valence-corrected chi connectivity index (χ2v) is 7.12. The summed E-state index contributed by atoms with van der Waals surface area (Å²) < 4.78 is 26.5. The summed E-state index contributed by atoms with van der Waals surface area (Å²) in [6, 6.07) is 11.0. The van der Waals surface area contributed by atoms with E-state index < -0.39 is 20.9 Å². The van der Waals surface area contributed by atoms with Gasteiger partial charge in [0.25, 0.3) is 11.6 Å². The van der Waals surface area contributed by atoms with Crippen molar-refractivity contribution >= 4 is 33.2 Å². The lowest BCUT2D eigenvalue weighted by atomic mass is 10.2. The minimum Gasteiger partial charge on any atom is -0.351 e. The molecule has 0 aliphatic heterocycles. The minimum atomic E-state index is -3.74. The zero-order valence-corrected chi connectivity index (χ0v) is 14.4. The van der Waals surface area contributed by atoms with Crippen molar-refractivity contribution in [2.45, 2.75) is 4.90 Å². The molecule has 0 heterocycles. The Morgan fingerprint density at radius 2 is 1.84 bits per heavy atom. The van der Waals surface area contributed by atoms with Crippen LogP contribution in [0.4, 0.5) is 5.69 Å². The lowest BCUT2D eigenvalue weighted by Crippen LogP contribution is -2.34. The quantitative estimate of drug-likeness (QED) is 0.430. The first kappa shape index (κ1) is 18.8. The molecule has 0 saturated carbocycles. The van der Waals surface area contributed by atoms with Crippen LogP contribution in [0.1, 0.15) is 10.4 Å². The summed E-state index contributed by atoms with van der Waals surface area (Å²) in [5, 5.41) is 13.5. The van der Waals surface area contributed by atoms with E-state index in [-0.39, 0.29) is 29.2 Å². The molecule has 0 radical (unpaired) electrons. The molecule has 2 aromatic rings. The third-order valence-corrected chi connectivity index (χ3v) is 4.82. The minimum absolute atomic E-state index is 0.0152. The first-order valence-corrected chi connectivity index (χ1v) is 8.93. The molecule has 0 aromatic heterocycles. The van der Waals surface area contributed by atoms with Crippen LogP contribution in [0, 0.1) is 10.1 Å². The van der Waals surface area contributed by atoms with Crippen molar-refractivity contribution in [3.8, 4) is 0 Å². The number of benzene rings is 2. The van der Waals surface area contributed by atoms with Crippen LogP contribution < -0.4 is 10.0 Å². The van der Waals surface area contributed by atoms with Crippen LogP contribution in [0.5, 0.6) is 0 Å². The lowest BCUT2D eigenvalue weighted by Gasteiger charge is -2.08. The average Bonchev–Trinajstić information content (AvgIpc) is 2.58. The molecule has 0 fully saturated rings. The fourth-order valence-corrected chi connectivity index (χ4v) is 3.27. The number of amides is 1. The Hall–Kier alpha value is -2.49. The van der Waals surface area contributed by atoms with Gasteiger partial charge in [0, 0.05) is 35.8 Å². The molecule has 0 unspecified atom stereocenters. The molecule has 0 spiro atoms. The summed E-state index contributed by atoms with van der Waals surface area (Å²) in [4.78, 5) is 22.0. The zero-order valence-electron chi connectivity index (χ0n) is 12.8. The second kappa shape index (κ2) is 8.06. The van der Waals surface area contributed by atoms with Gasteiger partial charge in [-0.1, -0.05) is 23.7 Å². The van der Waals surface area contributed by atoms with Crippen molar-refractivity contribution in [2.75, 3.05) is 13.1 Å². The van der Waals surface area contributed by atoms with E-state index in [0.717, 1.165) is 6.07 Å². The van der Waals surface area contributed by atoms with Gasteiger partial charge in [0.2, 0.25) is 10.0 Å². The van der Waals surface area contributed by atoms with Crippen LogP contribution in [-0.4, -0.2) is 32.3 Å². The molecule has 132 valence electrons. The van der Waals surface area contributed by atoms with Crippen LogP contribution in [0.2, 0.25) is 5.02 Å². The van der Waals surface area contributed by atoms with E-state index in [1.165, 1.54) is 36.4 Å². The van der Waals surface area contributed by atoms with E-state index in [2.05, 4.69) is 10.0 Å². The number of hydrogen-bond donors (Lipinski definition) is 2. The molecule has 0 aliphatic rings. The predicted octanol–water partition coefficient (Wildman–Crippen LogP) is 1.96. The van der Waals surface area contributed by atoms with Crippen molar-refractivity contribution in [3.05, 3.63) is 69.2 Å². The van der Waals surface area contributed by atoms with E-state index in [1.54, 1.807) is 6.07 Å². The largest absolute Gasteiger partial charge is 0.351 e. The number of halogens is 1. The molecule has 2 aromatic carbocycles. The van der Waals surface area contributed by atoms with Gasteiger partial charge in [0.05, 0.1) is 9.82 Å². The summed E-state index contributed by atoms with van der Waals surface area (Å²) in [6.07, 6.45) is 0. The highest BCUT2D eigenvalue weighted by Crippen LogP contribution is 2.15. The Bertz CT molecular complexity index is 902. The molecular weight excluding hydrogens is 370 g/mol. The molecular formula is C15H14ClN3O5S. The maximum Gasteiger partial charge on any atom is 0.270 e. The molecule has 2 N–H and O–H groups in total. The summed E-state index contributed by atoms with van der Waals surface area (Å²) >= 11 is 5.76. The van der Waals surface area contributed by atoms with Crippen molar-refractivity contribution in [2.24, 2.45) is 0 Å². The monoisotopic (exact) mass is 383 g/mol. The number of carbonyl (C=O) groups is 1. The Morgan fingerprint density at radius 3 is 2.52 bits per heavy atom. The number of nitrogens with zero attached hydrogens (tertiary/aromatic N) is 1. The zero-order chi connectivity index (χ0) is 18.4. The molecule has 0 bridgehead atoms. The van der Waals surface area contributed by atoms with Crippen molar-refractivity contribution in [1.29, 1.82) is 0 Å².